The molecule has 6 nitrogen and oxygen atoms in total. The minimum Gasteiger partial charge on any atom is -0.396 e. The molecule has 19 heavy (non-hydrogen) atoms. The predicted molar refractivity (Wildman–Crippen MR) is 72.5 cm³/mol. The van der Waals surface area contributed by atoms with Crippen molar-refractivity contribution >= 4 is 21.4 Å². The van der Waals surface area contributed by atoms with Gasteiger partial charge in [0, 0.05) is 43.4 Å². The average Bonchev–Trinajstić information content (AvgIpc) is 3.00. The number of nitrogens with one attached hydrogen (secondary N) is 1. The molecule has 0 saturated heterocycles. The molecule has 2 rings (SSSR count). The largest absolute Gasteiger partial charge is 0.396 e. The van der Waals surface area contributed by atoms with Crippen LogP contribution in [0, 0.1) is 0 Å². The fourth-order valence-electron chi connectivity index (χ4n) is 1.55. The molecule has 0 bridgehead atoms. The van der Waals surface area contributed by atoms with E-state index in [2.05, 4.69) is 9.71 Å². The Bertz CT molecular complexity index is 605. The first kappa shape index (κ1) is 14.2. The highest BCUT2D eigenvalue weighted by Gasteiger charge is 2.15. The highest BCUT2D eigenvalue weighted by atomic mass is 32.2. The van der Waals surface area contributed by atoms with E-state index in [1.165, 1.54) is 11.3 Å². The molecule has 2 heterocycles. The molecule has 104 valence electrons. The van der Waals surface area contributed by atoms with Crippen molar-refractivity contribution in [1.82, 2.24) is 14.3 Å². The number of hydrogen-bond acceptors (Lipinski definition) is 5. The molecule has 0 aliphatic heterocycles. The van der Waals surface area contributed by atoms with E-state index in [0.29, 0.717) is 19.5 Å². The second-order valence-electron chi connectivity index (χ2n) is 3.89. The summed E-state index contributed by atoms with van der Waals surface area (Å²) in [5.74, 6) is 0. The predicted octanol–water partition coefficient (Wildman–Crippen LogP) is 0.458. The monoisotopic (exact) mass is 301 g/mol. The van der Waals surface area contributed by atoms with Gasteiger partial charge in [0.05, 0.1) is 6.33 Å². The molecule has 0 aliphatic rings. The molecular weight excluding hydrogens is 286 g/mol. The molecule has 0 spiro atoms. The van der Waals surface area contributed by atoms with E-state index in [9.17, 15) is 8.42 Å². The van der Waals surface area contributed by atoms with Gasteiger partial charge in [0.1, 0.15) is 4.21 Å². The molecule has 8 heteroatoms. The summed E-state index contributed by atoms with van der Waals surface area (Å²) in [5, 5.41) is 8.81. The average molecular weight is 301 g/mol. The molecule has 2 N–H and O–H groups in total. The lowest BCUT2D eigenvalue weighted by molar-refractivity contribution is 0.300. The third-order valence-corrected chi connectivity index (χ3v) is 5.58. The van der Waals surface area contributed by atoms with Crippen LogP contribution in [0.4, 0.5) is 0 Å². The summed E-state index contributed by atoms with van der Waals surface area (Å²) in [5.41, 5.74) is 0. The Labute approximate surface area is 115 Å². The van der Waals surface area contributed by atoms with Crippen molar-refractivity contribution in [3.8, 4) is 0 Å². The van der Waals surface area contributed by atoms with Crippen molar-refractivity contribution in [2.24, 2.45) is 0 Å². The lowest BCUT2D eigenvalue weighted by Crippen LogP contribution is -2.26. The summed E-state index contributed by atoms with van der Waals surface area (Å²) >= 11 is 1.18. The van der Waals surface area contributed by atoms with Crippen molar-refractivity contribution in [3.63, 3.8) is 0 Å². The second-order valence-corrected chi connectivity index (χ2v) is 7.05. The van der Waals surface area contributed by atoms with E-state index < -0.39 is 10.0 Å². The maximum absolute atomic E-state index is 12.0. The number of imidazole rings is 1. The van der Waals surface area contributed by atoms with Gasteiger partial charge in [0.25, 0.3) is 0 Å². The Balaban J connectivity index is 1.93. The Kier molecular flexibility index (Phi) is 4.70. The minimum atomic E-state index is -3.46. The lowest BCUT2D eigenvalue weighted by Gasteiger charge is -2.05. The third kappa shape index (κ3) is 3.87. The van der Waals surface area contributed by atoms with Gasteiger partial charge < -0.3 is 9.67 Å². The van der Waals surface area contributed by atoms with Crippen molar-refractivity contribution < 1.29 is 13.5 Å². The van der Waals surface area contributed by atoms with Gasteiger partial charge in [0.15, 0.2) is 0 Å². The Morgan fingerprint density at radius 2 is 2.26 bits per heavy atom. The first-order valence-corrected chi connectivity index (χ1v) is 8.07. The smallest absolute Gasteiger partial charge is 0.250 e. The summed E-state index contributed by atoms with van der Waals surface area (Å²) in [6, 6.07) is 3.29. The number of sulfonamides is 1. The molecule has 0 amide bonds. The highest BCUT2D eigenvalue weighted by Crippen LogP contribution is 2.21. The van der Waals surface area contributed by atoms with Crippen LogP contribution in [-0.2, 0) is 23.0 Å². The first-order chi connectivity index (χ1) is 9.12. The van der Waals surface area contributed by atoms with Crippen molar-refractivity contribution in [2.45, 2.75) is 17.2 Å². The van der Waals surface area contributed by atoms with Gasteiger partial charge in [-0.1, -0.05) is 0 Å². The number of hydrogen-bond donors (Lipinski definition) is 2. The van der Waals surface area contributed by atoms with Crippen LogP contribution in [0.25, 0.3) is 0 Å². The molecular formula is C11H15N3O3S2. The normalized spacial score (nSPS) is 11.8. The van der Waals surface area contributed by atoms with Crippen molar-refractivity contribution in [1.29, 1.82) is 0 Å². The van der Waals surface area contributed by atoms with Gasteiger partial charge in [-0.05, 0) is 12.1 Å². The summed E-state index contributed by atoms with van der Waals surface area (Å²) in [4.78, 5) is 4.74. The molecule has 0 unspecified atom stereocenters. The highest BCUT2D eigenvalue weighted by molar-refractivity contribution is 7.91. The molecule has 0 fully saturated rings. The number of aromatic nitrogens is 2. The van der Waals surface area contributed by atoms with E-state index >= 15 is 0 Å². The molecule has 2 aromatic heterocycles. The van der Waals surface area contributed by atoms with E-state index in [1.54, 1.807) is 35.4 Å². The zero-order chi connectivity index (χ0) is 13.7. The van der Waals surface area contributed by atoms with E-state index in [4.69, 9.17) is 5.11 Å². The molecule has 2 aromatic rings. The Hall–Kier alpha value is -1.22. The first-order valence-electron chi connectivity index (χ1n) is 5.77. The maximum atomic E-state index is 12.0. The molecule has 0 saturated carbocycles. The van der Waals surface area contributed by atoms with Crippen LogP contribution in [0.15, 0.2) is 35.1 Å². The summed E-state index contributed by atoms with van der Waals surface area (Å²) in [6.07, 6.45) is 5.54. The quantitative estimate of drug-likeness (QED) is 0.778. The summed E-state index contributed by atoms with van der Waals surface area (Å²) in [7, 11) is -3.46. The minimum absolute atomic E-state index is 0.0219. The van der Waals surface area contributed by atoms with Crippen LogP contribution in [0.2, 0.25) is 0 Å². The summed E-state index contributed by atoms with van der Waals surface area (Å²) < 4.78 is 28.6. The molecule has 0 aromatic carbocycles. The number of aliphatic hydroxyl groups excluding tert-OH is 1. The van der Waals surface area contributed by atoms with Crippen LogP contribution < -0.4 is 4.72 Å². The van der Waals surface area contributed by atoms with Crippen molar-refractivity contribution in [3.05, 3.63) is 35.7 Å². The van der Waals surface area contributed by atoms with E-state index in [0.717, 1.165) is 4.88 Å². The fraction of sp³-hybridized carbons (Fsp3) is 0.364. The number of rotatable bonds is 7. The maximum Gasteiger partial charge on any atom is 0.250 e. The van der Waals surface area contributed by atoms with Crippen LogP contribution in [0.3, 0.4) is 0 Å². The van der Waals surface area contributed by atoms with Crippen LogP contribution in [0.5, 0.6) is 0 Å². The van der Waals surface area contributed by atoms with Gasteiger partial charge in [-0.2, -0.15) is 0 Å². The Morgan fingerprint density at radius 1 is 1.42 bits per heavy atom. The summed E-state index contributed by atoms with van der Waals surface area (Å²) in [6.45, 7) is 0.869. The number of thiophene rings is 1. The zero-order valence-electron chi connectivity index (χ0n) is 10.2. The SMILES string of the molecule is O=S(=O)(NCCn1ccnc1)c1ccc(CCO)s1. The van der Waals surface area contributed by atoms with Gasteiger partial charge >= 0.3 is 0 Å². The van der Waals surface area contributed by atoms with Crippen LogP contribution in [0.1, 0.15) is 4.88 Å². The van der Waals surface area contributed by atoms with E-state index in [1.807, 2.05) is 0 Å². The fourth-order valence-corrected chi connectivity index (χ4v) is 3.96. The zero-order valence-corrected chi connectivity index (χ0v) is 11.8. The second kappa shape index (κ2) is 6.29. The van der Waals surface area contributed by atoms with Gasteiger partial charge in [-0.15, -0.1) is 11.3 Å². The van der Waals surface area contributed by atoms with Gasteiger partial charge in [-0.3, -0.25) is 0 Å². The van der Waals surface area contributed by atoms with E-state index in [-0.39, 0.29) is 10.8 Å². The number of aliphatic hydroxyl groups is 1. The Morgan fingerprint density at radius 3 is 2.95 bits per heavy atom. The third-order valence-electron chi connectivity index (χ3n) is 2.48. The van der Waals surface area contributed by atoms with Crippen LogP contribution >= 0.6 is 11.3 Å². The van der Waals surface area contributed by atoms with Crippen molar-refractivity contribution in [2.75, 3.05) is 13.2 Å². The standard InChI is InChI=1S/C11H15N3O3S2/c15-8-3-10-1-2-11(18-10)19(16,17)13-5-7-14-6-4-12-9-14/h1-2,4,6,9,13,15H,3,5,7-8H2. The molecule has 0 atom stereocenters. The number of nitrogens with zero attached hydrogens (tertiary/aromatic N) is 2. The topological polar surface area (TPSA) is 84.2 Å². The van der Waals surface area contributed by atoms with Gasteiger partial charge in [0.2, 0.25) is 10.0 Å². The van der Waals surface area contributed by atoms with Gasteiger partial charge in [-0.25, -0.2) is 18.1 Å². The molecule has 0 aliphatic carbocycles. The van der Waals surface area contributed by atoms with Crippen LogP contribution in [-0.4, -0.2) is 36.2 Å². The lowest BCUT2D eigenvalue weighted by atomic mass is 10.4. The molecule has 0 radical (unpaired) electrons.